The van der Waals surface area contributed by atoms with Crippen molar-refractivity contribution >= 4 is 23.3 Å². The summed E-state index contributed by atoms with van der Waals surface area (Å²) in [5.41, 5.74) is 2.96. The maximum atomic E-state index is 12.5. The molecule has 132 valence electrons. The molecule has 0 bridgehead atoms. The summed E-state index contributed by atoms with van der Waals surface area (Å²) in [6.45, 7) is 3.85. The van der Waals surface area contributed by atoms with Gasteiger partial charge >= 0.3 is 6.03 Å². The molecule has 0 saturated carbocycles. The molecule has 2 amide bonds. The summed E-state index contributed by atoms with van der Waals surface area (Å²) in [5, 5.41) is 3.67. The van der Waals surface area contributed by atoms with Gasteiger partial charge in [-0.3, -0.25) is 0 Å². The normalized spacial score (nSPS) is 17.4. The standard InChI is InChI=1S/C20H23ClN2O2/c1-15-8-10-17(11-9-15)22-20(24)23-12-4-6-18(13-23)25-14-16-5-2-3-7-19(16)21/h2-3,5,7-11,18H,4,6,12-14H2,1H3,(H,22,24)/t18-/m0/s1. The molecule has 1 fully saturated rings. The second kappa shape index (κ2) is 8.37. The van der Waals surface area contributed by atoms with Crippen LogP contribution in [0.3, 0.4) is 0 Å². The van der Waals surface area contributed by atoms with Crippen LogP contribution in [0.25, 0.3) is 0 Å². The Morgan fingerprint density at radius 3 is 2.76 bits per heavy atom. The molecule has 0 spiro atoms. The Bertz CT molecular complexity index is 718. The van der Waals surface area contributed by atoms with Gasteiger partial charge in [0.15, 0.2) is 0 Å². The topological polar surface area (TPSA) is 41.6 Å². The van der Waals surface area contributed by atoms with Gasteiger partial charge in [0.1, 0.15) is 0 Å². The molecule has 1 saturated heterocycles. The Morgan fingerprint density at radius 1 is 1.24 bits per heavy atom. The largest absolute Gasteiger partial charge is 0.372 e. The minimum Gasteiger partial charge on any atom is -0.372 e. The minimum atomic E-state index is -0.0742. The summed E-state index contributed by atoms with van der Waals surface area (Å²) in [6.07, 6.45) is 1.93. The number of piperidine rings is 1. The van der Waals surface area contributed by atoms with Crippen LogP contribution in [0, 0.1) is 6.92 Å². The zero-order valence-corrected chi connectivity index (χ0v) is 15.1. The van der Waals surface area contributed by atoms with Crippen molar-refractivity contribution in [1.29, 1.82) is 0 Å². The summed E-state index contributed by atoms with van der Waals surface area (Å²) in [4.78, 5) is 14.3. The number of benzene rings is 2. The number of likely N-dealkylation sites (tertiary alicyclic amines) is 1. The second-order valence-electron chi connectivity index (χ2n) is 6.41. The summed E-state index contributed by atoms with van der Waals surface area (Å²) < 4.78 is 5.99. The molecule has 0 radical (unpaired) electrons. The van der Waals surface area contributed by atoms with Gasteiger partial charge in [-0.15, -0.1) is 0 Å². The van der Waals surface area contributed by atoms with Crippen molar-refractivity contribution in [3.05, 3.63) is 64.7 Å². The second-order valence-corrected chi connectivity index (χ2v) is 6.82. The van der Waals surface area contributed by atoms with Crippen LogP contribution < -0.4 is 5.32 Å². The highest BCUT2D eigenvalue weighted by atomic mass is 35.5. The van der Waals surface area contributed by atoms with E-state index >= 15 is 0 Å². The van der Waals surface area contributed by atoms with Gasteiger partial charge in [0.2, 0.25) is 0 Å². The van der Waals surface area contributed by atoms with E-state index in [0.717, 1.165) is 30.6 Å². The van der Waals surface area contributed by atoms with Crippen LogP contribution in [-0.4, -0.2) is 30.1 Å². The Labute approximate surface area is 153 Å². The van der Waals surface area contributed by atoms with Crippen LogP contribution >= 0.6 is 11.6 Å². The van der Waals surface area contributed by atoms with E-state index in [4.69, 9.17) is 16.3 Å². The van der Waals surface area contributed by atoms with E-state index in [1.165, 1.54) is 5.56 Å². The molecule has 1 aliphatic rings. The molecular formula is C20H23ClN2O2. The number of amides is 2. The summed E-state index contributed by atoms with van der Waals surface area (Å²) >= 11 is 6.17. The third-order valence-electron chi connectivity index (χ3n) is 4.40. The minimum absolute atomic E-state index is 0.0359. The van der Waals surface area contributed by atoms with E-state index in [2.05, 4.69) is 5.32 Å². The fraction of sp³-hybridized carbons (Fsp3) is 0.350. The zero-order valence-electron chi connectivity index (χ0n) is 14.4. The van der Waals surface area contributed by atoms with Crippen molar-refractivity contribution in [3.8, 4) is 0 Å². The van der Waals surface area contributed by atoms with E-state index in [-0.39, 0.29) is 12.1 Å². The van der Waals surface area contributed by atoms with Gasteiger partial charge in [0.25, 0.3) is 0 Å². The highest BCUT2D eigenvalue weighted by molar-refractivity contribution is 6.31. The van der Waals surface area contributed by atoms with Crippen LogP contribution in [0.15, 0.2) is 48.5 Å². The number of halogens is 1. The van der Waals surface area contributed by atoms with Crippen molar-refractivity contribution in [2.45, 2.75) is 32.5 Å². The van der Waals surface area contributed by atoms with E-state index in [1.807, 2.05) is 60.4 Å². The van der Waals surface area contributed by atoms with Crippen molar-refractivity contribution in [2.75, 3.05) is 18.4 Å². The predicted molar refractivity (Wildman–Crippen MR) is 101 cm³/mol. The molecule has 2 aromatic rings. The fourth-order valence-electron chi connectivity index (χ4n) is 2.92. The van der Waals surface area contributed by atoms with E-state index in [0.29, 0.717) is 18.2 Å². The van der Waals surface area contributed by atoms with Gasteiger partial charge in [-0.25, -0.2) is 4.79 Å². The Morgan fingerprint density at radius 2 is 2.00 bits per heavy atom. The Kier molecular flexibility index (Phi) is 5.95. The summed E-state index contributed by atoms with van der Waals surface area (Å²) in [5.74, 6) is 0. The number of aryl methyl sites for hydroxylation is 1. The molecule has 4 nitrogen and oxygen atoms in total. The highest BCUT2D eigenvalue weighted by Crippen LogP contribution is 2.20. The van der Waals surface area contributed by atoms with Crippen molar-refractivity contribution in [2.24, 2.45) is 0 Å². The molecule has 0 aliphatic carbocycles. The summed E-state index contributed by atoms with van der Waals surface area (Å²) in [7, 11) is 0. The fourth-order valence-corrected chi connectivity index (χ4v) is 3.11. The lowest BCUT2D eigenvalue weighted by atomic mass is 10.1. The summed E-state index contributed by atoms with van der Waals surface area (Å²) in [6, 6.07) is 15.4. The van der Waals surface area contributed by atoms with E-state index < -0.39 is 0 Å². The lowest BCUT2D eigenvalue weighted by Gasteiger charge is -2.32. The number of carbonyl (C=O) groups excluding carboxylic acids is 1. The highest BCUT2D eigenvalue weighted by Gasteiger charge is 2.24. The van der Waals surface area contributed by atoms with Crippen LogP contribution in [0.5, 0.6) is 0 Å². The van der Waals surface area contributed by atoms with E-state index in [9.17, 15) is 4.79 Å². The zero-order chi connectivity index (χ0) is 17.6. The Balaban J connectivity index is 1.52. The molecule has 0 unspecified atom stereocenters. The number of nitrogens with one attached hydrogen (secondary N) is 1. The lowest BCUT2D eigenvalue weighted by molar-refractivity contribution is 0.00105. The van der Waals surface area contributed by atoms with Crippen LogP contribution in [0.4, 0.5) is 10.5 Å². The number of nitrogens with zero attached hydrogens (tertiary/aromatic N) is 1. The lowest BCUT2D eigenvalue weighted by Crippen LogP contribution is -2.45. The van der Waals surface area contributed by atoms with Gasteiger partial charge in [0.05, 0.1) is 12.7 Å². The number of hydrogen-bond acceptors (Lipinski definition) is 2. The average Bonchev–Trinajstić information content (AvgIpc) is 2.63. The van der Waals surface area contributed by atoms with Gasteiger partial charge in [0, 0.05) is 23.8 Å². The molecule has 25 heavy (non-hydrogen) atoms. The van der Waals surface area contributed by atoms with Crippen LogP contribution in [-0.2, 0) is 11.3 Å². The first-order chi connectivity index (χ1) is 12.1. The quantitative estimate of drug-likeness (QED) is 0.847. The van der Waals surface area contributed by atoms with E-state index in [1.54, 1.807) is 0 Å². The monoisotopic (exact) mass is 358 g/mol. The molecule has 1 heterocycles. The average molecular weight is 359 g/mol. The molecular weight excluding hydrogens is 336 g/mol. The SMILES string of the molecule is Cc1ccc(NC(=O)N2CCC[C@H](OCc3ccccc3Cl)C2)cc1. The number of anilines is 1. The van der Waals surface area contributed by atoms with Crippen molar-refractivity contribution in [1.82, 2.24) is 4.90 Å². The maximum absolute atomic E-state index is 12.5. The number of urea groups is 1. The van der Waals surface area contributed by atoms with Gasteiger partial charge in [-0.05, 0) is 43.5 Å². The molecule has 0 aromatic heterocycles. The first-order valence-electron chi connectivity index (χ1n) is 8.59. The Hall–Kier alpha value is -2.04. The first kappa shape index (κ1) is 17.8. The number of carbonyl (C=O) groups is 1. The number of rotatable bonds is 4. The first-order valence-corrected chi connectivity index (χ1v) is 8.97. The number of hydrogen-bond donors (Lipinski definition) is 1. The van der Waals surface area contributed by atoms with Crippen LogP contribution in [0.2, 0.25) is 5.02 Å². The molecule has 2 aromatic carbocycles. The third kappa shape index (κ3) is 4.97. The van der Waals surface area contributed by atoms with Crippen molar-refractivity contribution in [3.63, 3.8) is 0 Å². The molecule has 3 rings (SSSR count). The molecule has 1 N–H and O–H groups in total. The maximum Gasteiger partial charge on any atom is 0.321 e. The third-order valence-corrected chi connectivity index (χ3v) is 4.77. The molecule has 5 heteroatoms. The van der Waals surface area contributed by atoms with Gasteiger partial charge in [-0.2, -0.15) is 0 Å². The van der Waals surface area contributed by atoms with Crippen molar-refractivity contribution < 1.29 is 9.53 Å². The van der Waals surface area contributed by atoms with Gasteiger partial charge in [-0.1, -0.05) is 47.5 Å². The molecule has 1 aliphatic heterocycles. The van der Waals surface area contributed by atoms with Crippen LogP contribution in [0.1, 0.15) is 24.0 Å². The number of ether oxygens (including phenoxy) is 1. The van der Waals surface area contributed by atoms with Gasteiger partial charge < -0.3 is 15.0 Å². The smallest absolute Gasteiger partial charge is 0.321 e. The molecule has 1 atom stereocenters. The predicted octanol–water partition coefficient (Wildman–Crippen LogP) is 4.86.